The number of nitrogens with two attached hydrogens (primary N) is 2. The Morgan fingerprint density at radius 2 is 1.27 bits per heavy atom. The van der Waals surface area contributed by atoms with E-state index < -0.39 is 96.5 Å². The van der Waals surface area contributed by atoms with Crippen LogP contribution in [0.15, 0.2) is 85.1 Å². The van der Waals surface area contributed by atoms with Crippen LogP contribution in [0.1, 0.15) is 56.2 Å². The van der Waals surface area contributed by atoms with Gasteiger partial charge in [-0.3, -0.25) is 38.4 Å². The molecule has 6 unspecified atom stereocenters. The number of aromatic nitrogens is 1. The molecule has 0 aliphatic carbocycles. The number of H-pyrrole nitrogens is 1. The maximum absolute atomic E-state index is 14.1. The lowest BCUT2D eigenvalue weighted by Gasteiger charge is -2.26. The summed E-state index contributed by atoms with van der Waals surface area (Å²) in [4.78, 5) is 108. The average Bonchev–Trinajstić information content (AvgIpc) is 3.66. The van der Waals surface area contributed by atoms with Crippen molar-refractivity contribution in [1.29, 1.82) is 0 Å². The topological polar surface area (TPSA) is 317 Å². The van der Waals surface area contributed by atoms with Crippen molar-refractivity contribution >= 4 is 58.2 Å². The van der Waals surface area contributed by atoms with Crippen molar-refractivity contribution in [3.05, 3.63) is 102 Å². The number of carbonyl (C=O) groups is 8. The molecule has 3 aromatic carbocycles. The molecule has 0 saturated heterocycles. The fourth-order valence-electron chi connectivity index (χ4n) is 6.61. The number of carboxylic acids is 1. The van der Waals surface area contributed by atoms with E-state index in [2.05, 4.69) is 36.9 Å². The van der Waals surface area contributed by atoms with Gasteiger partial charge < -0.3 is 58.6 Å². The van der Waals surface area contributed by atoms with Crippen molar-refractivity contribution in [3.8, 4) is 5.75 Å². The number of para-hydroxylation sites is 1. The zero-order valence-corrected chi connectivity index (χ0v) is 35.0. The molecule has 0 radical (unpaired) electrons. The highest BCUT2D eigenvalue weighted by Gasteiger charge is 2.33. The van der Waals surface area contributed by atoms with Gasteiger partial charge in [0.1, 0.15) is 36.0 Å². The lowest BCUT2D eigenvalue weighted by atomic mass is 10.0. The Morgan fingerprint density at radius 1 is 0.667 bits per heavy atom. The number of hydrogen-bond donors (Lipinski definition) is 11. The zero-order chi connectivity index (χ0) is 46.1. The summed E-state index contributed by atoms with van der Waals surface area (Å²) >= 11 is 0. The van der Waals surface area contributed by atoms with E-state index >= 15 is 0 Å². The average molecular weight is 870 g/mol. The van der Waals surface area contributed by atoms with Crippen molar-refractivity contribution in [1.82, 2.24) is 36.9 Å². The standard InChI is InChI=1S/C44H55N9O10/c1-3-4-13-33(42(61)53-36(22-38(56)57)44(63)52-34(39(46)58)20-26-10-6-5-7-11-26)51-43(62)35(21-28-23-47-32-14-9-8-12-30(28)32)50-37(55)24-48-40(59)25(2)49-41(60)31(45)19-27-15-17-29(54)18-16-27/h5-12,14-18,23,25,31,33-36,47,54H,3-4,13,19-22,24,45H2,1-2H3,(H2,46,58)(H,48,59)(H,49,60)(H,50,55)(H,51,62)(H,52,63)(H,53,61)(H,56,57). The van der Waals surface area contributed by atoms with Crippen LogP contribution in [0, 0.1) is 0 Å². The van der Waals surface area contributed by atoms with Gasteiger partial charge in [-0.25, -0.2) is 0 Å². The number of primary amides is 1. The molecule has 6 atom stereocenters. The summed E-state index contributed by atoms with van der Waals surface area (Å²) in [7, 11) is 0. The van der Waals surface area contributed by atoms with E-state index in [1.54, 1.807) is 54.7 Å². The first-order chi connectivity index (χ1) is 30.0. The van der Waals surface area contributed by atoms with Gasteiger partial charge in [0, 0.05) is 29.9 Å². The van der Waals surface area contributed by atoms with Gasteiger partial charge in [0.25, 0.3) is 0 Å². The smallest absolute Gasteiger partial charge is 0.305 e. The number of nitrogens with one attached hydrogen (secondary N) is 7. The van der Waals surface area contributed by atoms with Gasteiger partial charge in [-0.2, -0.15) is 0 Å². The molecule has 0 aliphatic rings. The minimum atomic E-state index is -1.67. The Morgan fingerprint density at radius 3 is 1.94 bits per heavy atom. The number of carbonyl (C=O) groups excluding carboxylic acids is 7. The second-order valence-electron chi connectivity index (χ2n) is 15.1. The third kappa shape index (κ3) is 15.3. The predicted octanol–water partition coefficient (Wildman–Crippen LogP) is -0.0610. The maximum atomic E-state index is 14.1. The largest absolute Gasteiger partial charge is 0.508 e. The molecule has 0 fully saturated rings. The van der Waals surface area contributed by atoms with Crippen LogP contribution in [0.4, 0.5) is 0 Å². The Labute approximate surface area is 363 Å². The first kappa shape index (κ1) is 48.4. The van der Waals surface area contributed by atoms with Crippen LogP contribution in [-0.2, 0) is 57.6 Å². The highest BCUT2D eigenvalue weighted by molar-refractivity contribution is 5.98. The molecule has 0 spiro atoms. The number of fused-ring (bicyclic) bond motifs is 1. The molecule has 0 aliphatic heterocycles. The maximum Gasteiger partial charge on any atom is 0.305 e. The number of carboxylic acid groups (broad SMARTS) is 1. The molecule has 0 bridgehead atoms. The van der Waals surface area contributed by atoms with E-state index in [4.69, 9.17) is 11.5 Å². The Hall–Kier alpha value is -7.28. The molecular weight excluding hydrogens is 815 g/mol. The highest BCUT2D eigenvalue weighted by Crippen LogP contribution is 2.20. The van der Waals surface area contributed by atoms with E-state index in [1.165, 1.54) is 19.1 Å². The zero-order valence-electron chi connectivity index (χ0n) is 35.0. The molecule has 4 rings (SSSR count). The van der Waals surface area contributed by atoms with Crippen molar-refractivity contribution < 1.29 is 48.6 Å². The predicted molar refractivity (Wildman–Crippen MR) is 231 cm³/mol. The monoisotopic (exact) mass is 869 g/mol. The van der Waals surface area contributed by atoms with E-state index in [9.17, 15) is 48.6 Å². The van der Waals surface area contributed by atoms with Gasteiger partial charge >= 0.3 is 5.97 Å². The normalized spacial score (nSPS) is 13.8. The summed E-state index contributed by atoms with van der Waals surface area (Å²) in [6.07, 6.45) is 1.97. The number of phenolic OH excluding ortho intramolecular Hbond substituents is 1. The van der Waals surface area contributed by atoms with Crippen LogP contribution in [0.3, 0.4) is 0 Å². The summed E-state index contributed by atoms with van der Waals surface area (Å²) in [6.45, 7) is 2.65. The van der Waals surface area contributed by atoms with E-state index in [0.29, 0.717) is 29.5 Å². The Bertz CT molecular complexity index is 2230. The van der Waals surface area contributed by atoms with E-state index in [-0.39, 0.29) is 31.4 Å². The second kappa shape index (κ2) is 23.6. The fraction of sp³-hybridized carbons (Fsp3) is 0.364. The lowest BCUT2D eigenvalue weighted by Crippen LogP contribution is -2.59. The molecule has 13 N–H and O–H groups in total. The molecule has 19 nitrogen and oxygen atoms in total. The van der Waals surface area contributed by atoms with Gasteiger partial charge in [0.2, 0.25) is 41.4 Å². The first-order valence-corrected chi connectivity index (χ1v) is 20.5. The molecule has 1 aromatic heterocycles. The van der Waals surface area contributed by atoms with Gasteiger partial charge in [0.15, 0.2) is 0 Å². The summed E-state index contributed by atoms with van der Waals surface area (Å²) < 4.78 is 0. The third-order valence-corrected chi connectivity index (χ3v) is 10.1. The summed E-state index contributed by atoms with van der Waals surface area (Å²) in [5.41, 5.74) is 14.3. The SMILES string of the molecule is CCCCC(NC(=O)C(Cc1c[nH]c2ccccc12)NC(=O)CNC(=O)C(C)NC(=O)C(N)Cc1ccc(O)cc1)C(=O)NC(CC(=O)O)C(=O)NC(Cc1ccccc1)C(N)=O. The Balaban J connectivity index is 1.45. The second-order valence-corrected chi connectivity index (χ2v) is 15.1. The molecule has 4 aromatic rings. The molecule has 1 heterocycles. The number of phenols is 1. The van der Waals surface area contributed by atoms with Gasteiger partial charge in [0.05, 0.1) is 19.0 Å². The van der Waals surface area contributed by atoms with Crippen LogP contribution in [0.25, 0.3) is 10.9 Å². The van der Waals surface area contributed by atoms with Crippen molar-refractivity contribution in [2.24, 2.45) is 11.5 Å². The van der Waals surface area contributed by atoms with Crippen LogP contribution in [0.5, 0.6) is 5.75 Å². The number of aromatic hydroxyl groups is 1. The number of aliphatic carboxylic acids is 1. The van der Waals surface area contributed by atoms with Crippen molar-refractivity contribution in [2.45, 2.75) is 95.0 Å². The van der Waals surface area contributed by atoms with Crippen LogP contribution < -0.4 is 43.4 Å². The van der Waals surface area contributed by atoms with Gasteiger partial charge in [-0.05, 0) is 54.7 Å². The number of benzene rings is 3. The molecule has 7 amide bonds. The minimum absolute atomic E-state index is 0.00532. The molecule has 63 heavy (non-hydrogen) atoms. The van der Waals surface area contributed by atoms with E-state index in [0.717, 1.165) is 10.9 Å². The first-order valence-electron chi connectivity index (χ1n) is 20.5. The van der Waals surface area contributed by atoms with Crippen molar-refractivity contribution in [2.75, 3.05) is 6.54 Å². The van der Waals surface area contributed by atoms with Crippen LogP contribution in [-0.4, -0.2) is 105 Å². The summed E-state index contributed by atoms with van der Waals surface area (Å²) in [5.74, 6) is -7.04. The lowest BCUT2D eigenvalue weighted by molar-refractivity contribution is -0.141. The molecule has 336 valence electrons. The molecule has 0 saturated carbocycles. The number of rotatable bonds is 24. The van der Waals surface area contributed by atoms with Crippen molar-refractivity contribution in [3.63, 3.8) is 0 Å². The number of aromatic amines is 1. The fourth-order valence-corrected chi connectivity index (χ4v) is 6.61. The van der Waals surface area contributed by atoms with Gasteiger partial charge in [-0.1, -0.05) is 80.4 Å². The minimum Gasteiger partial charge on any atom is -0.508 e. The summed E-state index contributed by atoms with van der Waals surface area (Å²) in [5, 5.41) is 34.9. The Kier molecular flexibility index (Phi) is 18.2. The van der Waals surface area contributed by atoms with Gasteiger partial charge in [-0.15, -0.1) is 0 Å². The third-order valence-electron chi connectivity index (χ3n) is 10.1. The summed E-state index contributed by atoms with van der Waals surface area (Å²) in [6, 6.07) is 14.4. The molecular formula is C44H55N9O10. The quantitative estimate of drug-likeness (QED) is 0.0443. The van der Waals surface area contributed by atoms with E-state index in [1.807, 2.05) is 25.1 Å². The number of unbranched alkanes of at least 4 members (excludes halogenated alkanes) is 1. The highest BCUT2D eigenvalue weighted by atomic mass is 16.4. The van der Waals surface area contributed by atoms with Crippen LogP contribution >= 0.6 is 0 Å². The number of hydrogen-bond acceptors (Lipinski definition) is 10. The molecule has 19 heteroatoms. The number of amides is 7. The van der Waals surface area contributed by atoms with Crippen LogP contribution in [0.2, 0.25) is 0 Å².